The van der Waals surface area contributed by atoms with Crippen molar-refractivity contribution in [3.63, 3.8) is 0 Å². The lowest BCUT2D eigenvalue weighted by Crippen LogP contribution is -2.30. The van der Waals surface area contributed by atoms with Crippen LogP contribution < -0.4 is 5.32 Å². The van der Waals surface area contributed by atoms with E-state index in [9.17, 15) is 9.59 Å². The maximum absolute atomic E-state index is 12.6. The number of thiazole rings is 1. The van der Waals surface area contributed by atoms with Crippen molar-refractivity contribution in [3.8, 4) is 16.6 Å². The molecule has 0 fully saturated rings. The standard InChI is InChI=1S/C23H21N3O3S/c1-4-16-9-11-17(12-10-16)22-25-14(2)20(30-22)23(28)29-15(3)21(27)26-19-8-6-5-7-18(19)13-24/h5-12,15H,4H2,1-3H3,(H,26,27)/t15-/m1/s1. The van der Waals surface area contributed by atoms with E-state index in [0.29, 0.717) is 21.8 Å². The van der Waals surface area contributed by atoms with E-state index in [1.54, 1.807) is 31.2 Å². The third kappa shape index (κ3) is 4.73. The highest BCUT2D eigenvalue weighted by molar-refractivity contribution is 7.17. The number of ether oxygens (including phenoxy) is 1. The van der Waals surface area contributed by atoms with Crippen LogP contribution in [0.2, 0.25) is 0 Å². The molecule has 0 aliphatic rings. The first-order valence-electron chi connectivity index (χ1n) is 9.50. The second-order valence-corrected chi connectivity index (χ2v) is 7.68. The van der Waals surface area contributed by atoms with Crippen molar-refractivity contribution in [2.24, 2.45) is 0 Å². The molecule has 0 spiro atoms. The number of hydrogen-bond acceptors (Lipinski definition) is 6. The zero-order chi connectivity index (χ0) is 21.7. The van der Waals surface area contributed by atoms with Gasteiger partial charge >= 0.3 is 5.97 Å². The summed E-state index contributed by atoms with van der Waals surface area (Å²) in [5.41, 5.74) is 3.42. The zero-order valence-corrected chi connectivity index (χ0v) is 17.7. The molecule has 0 unspecified atom stereocenters. The Kier molecular flexibility index (Phi) is 6.60. The number of anilines is 1. The molecule has 1 N–H and O–H groups in total. The summed E-state index contributed by atoms with van der Waals surface area (Å²) >= 11 is 1.24. The number of nitriles is 1. The third-order valence-electron chi connectivity index (χ3n) is 4.55. The molecule has 7 heteroatoms. The molecule has 152 valence electrons. The van der Waals surface area contributed by atoms with Crippen molar-refractivity contribution < 1.29 is 14.3 Å². The van der Waals surface area contributed by atoms with Crippen LogP contribution in [0.1, 0.15) is 40.3 Å². The molecular formula is C23H21N3O3S. The summed E-state index contributed by atoms with van der Waals surface area (Å²) in [7, 11) is 0. The highest BCUT2D eigenvalue weighted by Crippen LogP contribution is 2.29. The molecule has 0 aliphatic carbocycles. The van der Waals surface area contributed by atoms with E-state index in [4.69, 9.17) is 10.00 Å². The normalized spacial score (nSPS) is 11.4. The molecule has 0 aliphatic heterocycles. The first-order valence-corrected chi connectivity index (χ1v) is 10.3. The average Bonchev–Trinajstić information content (AvgIpc) is 3.15. The van der Waals surface area contributed by atoms with Crippen molar-refractivity contribution >= 4 is 28.9 Å². The minimum absolute atomic E-state index is 0.335. The molecule has 1 atom stereocenters. The monoisotopic (exact) mass is 419 g/mol. The van der Waals surface area contributed by atoms with Crippen LogP contribution in [0, 0.1) is 18.3 Å². The van der Waals surface area contributed by atoms with Gasteiger partial charge in [-0.05, 0) is 38.0 Å². The lowest BCUT2D eigenvalue weighted by atomic mass is 10.1. The van der Waals surface area contributed by atoms with E-state index in [0.717, 1.165) is 17.0 Å². The molecule has 0 radical (unpaired) electrons. The first kappa shape index (κ1) is 21.2. The highest BCUT2D eigenvalue weighted by atomic mass is 32.1. The maximum atomic E-state index is 12.6. The molecule has 30 heavy (non-hydrogen) atoms. The van der Waals surface area contributed by atoms with Crippen LogP contribution in [0.4, 0.5) is 5.69 Å². The van der Waals surface area contributed by atoms with Gasteiger partial charge in [0, 0.05) is 5.56 Å². The number of amides is 1. The van der Waals surface area contributed by atoms with Gasteiger partial charge in [-0.1, -0.05) is 43.3 Å². The number of nitrogens with one attached hydrogen (secondary N) is 1. The molecule has 1 heterocycles. The largest absolute Gasteiger partial charge is 0.448 e. The SMILES string of the molecule is CCc1ccc(-c2nc(C)c(C(=O)O[C@H](C)C(=O)Nc3ccccc3C#N)s2)cc1. The van der Waals surface area contributed by atoms with Crippen molar-refractivity contribution in [1.29, 1.82) is 5.26 Å². The predicted octanol–water partition coefficient (Wildman–Crippen LogP) is 4.74. The van der Waals surface area contributed by atoms with Crippen LogP contribution in [0.3, 0.4) is 0 Å². The van der Waals surface area contributed by atoms with Gasteiger partial charge in [-0.3, -0.25) is 4.79 Å². The van der Waals surface area contributed by atoms with Gasteiger partial charge in [0.05, 0.1) is 16.9 Å². The van der Waals surface area contributed by atoms with E-state index in [1.165, 1.54) is 23.8 Å². The second-order valence-electron chi connectivity index (χ2n) is 6.68. The first-order chi connectivity index (χ1) is 14.4. The topological polar surface area (TPSA) is 92.1 Å². The maximum Gasteiger partial charge on any atom is 0.351 e. The van der Waals surface area contributed by atoms with Gasteiger partial charge < -0.3 is 10.1 Å². The number of para-hydroxylation sites is 1. The molecule has 3 aromatic rings. The van der Waals surface area contributed by atoms with Crippen LogP contribution >= 0.6 is 11.3 Å². The van der Waals surface area contributed by atoms with Crippen LogP contribution in [0.15, 0.2) is 48.5 Å². The van der Waals surface area contributed by atoms with Gasteiger partial charge in [0.2, 0.25) is 0 Å². The van der Waals surface area contributed by atoms with Crippen LogP contribution in [-0.2, 0) is 16.0 Å². The van der Waals surface area contributed by atoms with Crippen LogP contribution in [0.25, 0.3) is 10.6 Å². The summed E-state index contributed by atoms with van der Waals surface area (Å²) < 4.78 is 5.35. The Morgan fingerprint density at radius 1 is 1.20 bits per heavy atom. The molecular weight excluding hydrogens is 398 g/mol. The van der Waals surface area contributed by atoms with Gasteiger partial charge in [0.15, 0.2) is 6.10 Å². The Balaban J connectivity index is 1.70. The number of aromatic nitrogens is 1. The molecule has 0 saturated heterocycles. The lowest BCUT2D eigenvalue weighted by Gasteiger charge is -2.13. The Morgan fingerprint density at radius 2 is 1.90 bits per heavy atom. The Labute approximate surface area is 179 Å². The Hall–Kier alpha value is -3.50. The summed E-state index contributed by atoms with van der Waals surface area (Å²) in [6.45, 7) is 5.32. The number of aryl methyl sites for hydroxylation is 2. The molecule has 0 bridgehead atoms. The summed E-state index contributed by atoms with van der Waals surface area (Å²) in [6.07, 6.45) is -0.0777. The number of carbonyl (C=O) groups is 2. The quantitative estimate of drug-likeness (QED) is 0.583. The van der Waals surface area contributed by atoms with Gasteiger partial charge in [-0.2, -0.15) is 5.26 Å². The number of carbonyl (C=O) groups excluding carboxylic acids is 2. The minimum atomic E-state index is -1.03. The minimum Gasteiger partial charge on any atom is -0.448 e. The van der Waals surface area contributed by atoms with Gasteiger partial charge in [0.25, 0.3) is 5.91 Å². The van der Waals surface area contributed by atoms with Gasteiger partial charge in [0.1, 0.15) is 16.0 Å². The number of nitrogens with zero attached hydrogens (tertiary/aromatic N) is 2. The molecule has 2 aromatic carbocycles. The number of benzene rings is 2. The van der Waals surface area contributed by atoms with Crippen molar-refractivity contribution in [2.45, 2.75) is 33.3 Å². The molecule has 0 saturated carbocycles. The van der Waals surface area contributed by atoms with E-state index in [-0.39, 0.29) is 0 Å². The number of hydrogen-bond donors (Lipinski definition) is 1. The van der Waals surface area contributed by atoms with E-state index < -0.39 is 18.0 Å². The molecule has 1 aromatic heterocycles. The average molecular weight is 420 g/mol. The van der Waals surface area contributed by atoms with Gasteiger partial charge in [-0.15, -0.1) is 11.3 Å². The third-order valence-corrected chi connectivity index (χ3v) is 5.74. The Bertz CT molecular complexity index is 1110. The molecule has 6 nitrogen and oxygen atoms in total. The summed E-state index contributed by atoms with van der Waals surface area (Å²) in [5.74, 6) is -1.11. The van der Waals surface area contributed by atoms with Crippen molar-refractivity contribution in [2.75, 3.05) is 5.32 Å². The number of esters is 1. The smallest absolute Gasteiger partial charge is 0.351 e. The van der Waals surface area contributed by atoms with E-state index in [2.05, 4.69) is 17.2 Å². The number of rotatable bonds is 6. The fourth-order valence-corrected chi connectivity index (χ4v) is 3.74. The second kappa shape index (κ2) is 9.33. The van der Waals surface area contributed by atoms with E-state index in [1.807, 2.05) is 30.3 Å². The fourth-order valence-electron chi connectivity index (χ4n) is 2.78. The summed E-state index contributed by atoms with van der Waals surface area (Å²) in [5, 5.41) is 12.5. The van der Waals surface area contributed by atoms with E-state index >= 15 is 0 Å². The fraction of sp³-hybridized carbons (Fsp3) is 0.217. The molecule has 1 amide bonds. The highest BCUT2D eigenvalue weighted by Gasteiger charge is 2.23. The lowest BCUT2D eigenvalue weighted by molar-refractivity contribution is -0.123. The predicted molar refractivity (Wildman–Crippen MR) is 116 cm³/mol. The Morgan fingerprint density at radius 3 is 2.57 bits per heavy atom. The van der Waals surface area contributed by atoms with Crippen LogP contribution in [0.5, 0.6) is 0 Å². The summed E-state index contributed by atoms with van der Waals surface area (Å²) in [6, 6.07) is 16.7. The summed E-state index contributed by atoms with van der Waals surface area (Å²) in [4.78, 5) is 29.9. The van der Waals surface area contributed by atoms with Crippen molar-refractivity contribution in [1.82, 2.24) is 4.98 Å². The molecule has 3 rings (SSSR count). The van der Waals surface area contributed by atoms with Gasteiger partial charge in [-0.25, -0.2) is 9.78 Å². The van der Waals surface area contributed by atoms with Crippen molar-refractivity contribution in [3.05, 3.63) is 70.2 Å². The van der Waals surface area contributed by atoms with Crippen LogP contribution in [-0.4, -0.2) is 23.0 Å². The zero-order valence-electron chi connectivity index (χ0n) is 16.9.